The van der Waals surface area contributed by atoms with Gasteiger partial charge in [-0.05, 0) is 24.6 Å². The van der Waals surface area contributed by atoms with Crippen LogP contribution in [0.4, 0.5) is 22.0 Å². The zero-order chi connectivity index (χ0) is 19.2. The summed E-state index contributed by atoms with van der Waals surface area (Å²) in [6.45, 7) is 1.42. The average Bonchev–Trinajstić information content (AvgIpc) is 2.88. The Morgan fingerprint density at radius 3 is 2.54 bits per heavy atom. The minimum atomic E-state index is -4.58. The summed E-state index contributed by atoms with van der Waals surface area (Å²) in [4.78, 5) is 15.0. The summed E-state index contributed by atoms with van der Waals surface area (Å²) in [7, 11) is 0. The number of fused-ring (bicyclic) bond motifs is 1. The van der Waals surface area contributed by atoms with Crippen molar-refractivity contribution in [2.24, 2.45) is 0 Å². The topological polar surface area (TPSA) is 67.5 Å². The Hall–Kier alpha value is -3.04. The van der Waals surface area contributed by atoms with E-state index in [1.54, 1.807) is 0 Å². The molecule has 1 aromatic carbocycles. The summed E-state index contributed by atoms with van der Waals surface area (Å²) in [6, 6.07) is 4.29. The van der Waals surface area contributed by atoms with Gasteiger partial charge in [0.2, 0.25) is 0 Å². The molecule has 0 aliphatic carbocycles. The lowest BCUT2D eigenvalue weighted by Gasteiger charge is -2.09. The largest absolute Gasteiger partial charge is 0.478 e. The quantitative estimate of drug-likeness (QED) is 0.695. The molecule has 2 heterocycles. The molecule has 0 aliphatic rings. The molecule has 1 N–H and O–H groups in total. The van der Waals surface area contributed by atoms with Crippen LogP contribution in [-0.4, -0.2) is 25.7 Å². The van der Waals surface area contributed by atoms with Gasteiger partial charge < -0.3 is 5.11 Å². The second kappa shape index (κ2) is 6.04. The Morgan fingerprint density at radius 2 is 1.96 bits per heavy atom. The van der Waals surface area contributed by atoms with Crippen molar-refractivity contribution in [3.63, 3.8) is 0 Å². The first-order valence-corrected chi connectivity index (χ1v) is 7.18. The summed E-state index contributed by atoms with van der Waals surface area (Å²) >= 11 is 0. The predicted molar refractivity (Wildman–Crippen MR) is 80.1 cm³/mol. The third-order valence-electron chi connectivity index (χ3n) is 3.77. The fourth-order valence-electron chi connectivity index (χ4n) is 2.67. The minimum absolute atomic E-state index is 0.0862. The molecule has 0 saturated heterocycles. The molecule has 0 saturated carbocycles. The normalized spacial score (nSPS) is 12.1. The van der Waals surface area contributed by atoms with Crippen LogP contribution in [0.15, 0.2) is 30.5 Å². The molecule has 136 valence electrons. The van der Waals surface area contributed by atoms with Gasteiger partial charge in [0.25, 0.3) is 6.43 Å². The third kappa shape index (κ3) is 2.87. The SMILES string of the molecule is Cc1nn2c(C(F)F)c(C(=O)O)cnc2c1-c1cccc(C(F)(F)F)c1. The maximum absolute atomic E-state index is 13.4. The highest BCUT2D eigenvalue weighted by Crippen LogP contribution is 2.35. The summed E-state index contributed by atoms with van der Waals surface area (Å²) in [5.74, 6) is -1.61. The first-order chi connectivity index (χ1) is 12.1. The number of carboxylic acid groups (broad SMARTS) is 1. The predicted octanol–water partition coefficient (Wildman–Crippen LogP) is 4.36. The number of halogens is 5. The van der Waals surface area contributed by atoms with Crippen molar-refractivity contribution >= 4 is 11.6 Å². The highest BCUT2D eigenvalue weighted by atomic mass is 19.4. The molecule has 26 heavy (non-hydrogen) atoms. The molecule has 3 rings (SSSR count). The zero-order valence-corrected chi connectivity index (χ0v) is 13.1. The molecular formula is C16H10F5N3O2. The minimum Gasteiger partial charge on any atom is -0.478 e. The first-order valence-electron chi connectivity index (χ1n) is 7.18. The van der Waals surface area contributed by atoms with E-state index in [4.69, 9.17) is 5.11 Å². The lowest BCUT2D eigenvalue weighted by Crippen LogP contribution is -2.11. The van der Waals surface area contributed by atoms with Crippen LogP contribution >= 0.6 is 0 Å². The van der Waals surface area contributed by atoms with Gasteiger partial charge in [-0.2, -0.15) is 18.3 Å². The molecule has 0 fully saturated rings. The average molecular weight is 371 g/mol. The maximum atomic E-state index is 13.4. The van der Waals surface area contributed by atoms with Gasteiger partial charge in [0.15, 0.2) is 5.65 Å². The van der Waals surface area contributed by atoms with Crippen LogP contribution < -0.4 is 0 Å². The smallest absolute Gasteiger partial charge is 0.416 e. The van der Waals surface area contributed by atoms with Crippen molar-refractivity contribution in [3.05, 3.63) is 53.0 Å². The van der Waals surface area contributed by atoms with E-state index >= 15 is 0 Å². The van der Waals surface area contributed by atoms with Crippen molar-refractivity contribution in [1.29, 1.82) is 0 Å². The zero-order valence-electron chi connectivity index (χ0n) is 13.1. The summed E-state index contributed by atoms with van der Waals surface area (Å²) in [5, 5.41) is 12.9. The van der Waals surface area contributed by atoms with Gasteiger partial charge in [-0.3, -0.25) is 0 Å². The van der Waals surface area contributed by atoms with Gasteiger partial charge in [0.05, 0.1) is 11.3 Å². The van der Waals surface area contributed by atoms with E-state index in [-0.39, 0.29) is 22.5 Å². The Kier molecular flexibility index (Phi) is 4.13. The van der Waals surface area contributed by atoms with Crippen LogP contribution in [0.1, 0.15) is 33.7 Å². The molecule has 10 heteroatoms. The van der Waals surface area contributed by atoms with E-state index in [1.165, 1.54) is 19.1 Å². The second-order valence-electron chi connectivity index (χ2n) is 5.44. The van der Waals surface area contributed by atoms with Crippen LogP contribution in [-0.2, 0) is 6.18 Å². The van der Waals surface area contributed by atoms with Gasteiger partial charge in [-0.25, -0.2) is 23.1 Å². The molecule has 0 atom stereocenters. The third-order valence-corrected chi connectivity index (χ3v) is 3.77. The lowest BCUT2D eigenvalue weighted by molar-refractivity contribution is -0.137. The number of aromatic nitrogens is 3. The van der Waals surface area contributed by atoms with Crippen LogP contribution in [0.3, 0.4) is 0 Å². The van der Waals surface area contributed by atoms with Gasteiger partial charge in [0, 0.05) is 11.8 Å². The van der Waals surface area contributed by atoms with Crippen molar-refractivity contribution in [2.75, 3.05) is 0 Å². The molecule has 3 aromatic rings. The van der Waals surface area contributed by atoms with Gasteiger partial charge in [0.1, 0.15) is 11.3 Å². The standard InChI is InChI=1S/C16H10F5N3O2/c1-7-11(8-3-2-4-9(5-8)16(19,20)21)14-22-6-10(15(25)26)12(13(17)18)24(14)23-7/h2-6,13H,1H3,(H,25,26). The van der Waals surface area contributed by atoms with Crippen LogP contribution in [0, 0.1) is 6.92 Å². The molecule has 0 bridgehead atoms. The van der Waals surface area contributed by atoms with E-state index in [2.05, 4.69) is 10.1 Å². The summed E-state index contributed by atoms with van der Waals surface area (Å²) < 4.78 is 66.2. The number of alkyl halides is 5. The molecule has 0 radical (unpaired) electrons. The fraction of sp³-hybridized carbons (Fsp3) is 0.188. The number of carboxylic acids is 1. The maximum Gasteiger partial charge on any atom is 0.416 e. The summed E-state index contributed by atoms with van der Waals surface area (Å²) in [6.07, 6.45) is -7.00. The number of aryl methyl sites for hydroxylation is 1. The number of hydrogen-bond acceptors (Lipinski definition) is 3. The highest BCUT2D eigenvalue weighted by molar-refractivity contribution is 5.90. The summed E-state index contributed by atoms with van der Waals surface area (Å²) in [5.41, 5.74) is -2.33. The fourth-order valence-corrected chi connectivity index (χ4v) is 2.67. The van der Waals surface area contributed by atoms with Crippen molar-refractivity contribution in [2.45, 2.75) is 19.5 Å². The Morgan fingerprint density at radius 1 is 1.27 bits per heavy atom. The Bertz CT molecular complexity index is 1010. The second-order valence-corrected chi connectivity index (χ2v) is 5.44. The number of hydrogen-bond donors (Lipinski definition) is 1. The van der Waals surface area contributed by atoms with Crippen molar-refractivity contribution < 1.29 is 31.9 Å². The van der Waals surface area contributed by atoms with Crippen molar-refractivity contribution in [1.82, 2.24) is 14.6 Å². The van der Waals surface area contributed by atoms with Crippen LogP contribution in [0.5, 0.6) is 0 Å². The van der Waals surface area contributed by atoms with E-state index in [0.717, 1.165) is 18.3 Å². The van der Waals surface area contributed by atoms with Gasteiger partial charge in [-0.15, -0.1) is 0 Å². The Labute approximate surface area is 142 Å². The van der Waals surface area contributed by atoms with Gasteiger partial charge in [-0.1, -0.05) is 12.1 Å². The molecule has 0 unspecified atom stereocenters. The Balaban J connectivity index is 2.31. The van der Waals surface area contributed by atoms with Crippen molar-refractivity contribution in [3.8, 4) is 11.1 Å². The number of aromatic carboxylic acids is 1. The molecular weight excluding hydrogens is 361 g/mol. The highest BCUT2D eigenvalue weighted by Gasteiger charge is 2.31. The van der Waals surface area contributed by atoms with E-state index in [9.17, 15) is 26.7 Å². The molecule has 5 nitrogen and oxygen atoms in total. The van der Waals surface area contributed by atoms with E-state index < -0.39 is 35.4 Å². The first kappa shape index (κ1) is 17.8. The molecule has 0 aliphatic heterocycles. The number of nitrogens with zero attached hydrogens (tertiary/aromatic N) is 3. The number of benzene rings is 1. The molecule has 2 aromatic heterocycles. The van der Waals surface area contributed by atoms with E-state index in [0.29, 0.717) is 4.52 Å². The van der Waals surface area contributed by atoms with E-state index in [1.807, 2.05) is 0 Å². The monoisotopic (exact) mass is 371 g/mol. The lowest BCUT2D eigenvalue weighted by atomic mass is 10.0. The van der Waals surface area contributed by atoms with Gasteiger partial charge >= 0.3 is 12.1 Å². The molecule has 0 spiro atoms. The molecule has 0 amide bonds. The van der Waals surface area contributed by atoms with Crippen LogP contribution in [0.2, 0.25) is 0 Å². The number of rotatable bonds is 3. The van der Waals surface area contributed by atoms with Crippen LogP contribution in [0.25, 0.3) is 16.8 Å². The number of carbonyl (C=O) groups is 1.